The molecule has 9 heteroatoms. The van der Waals surface area contributed by atoms with E-state index in [9.17, 15) is 9.59 Å². The van der Waals surface area contributed by atoms with Gasteiger partial charge in [-0.2, -0.15) is 0 Å². The van der Waals surface area contributed by atoms with Crippen molar-refractivity contribution in [3.8, 4) is 28.2 Å². The Balaban J connectivity index is 1.59. The van der Waals surface area contributed by atoms with Crippen LogP contribution in [-0.4, -0.2) is 45.3 Å². The molecule has 0 saturated heterocycles. The fourth-order valence-corrected chi connectivity index (χ4v) is 5.51. The fraction of sp³-hybridized carbons (Fsp3) is 0.400. The van der Waals surface area contributed by atoms with Crippen molar-refractivity contribution in [1.29, 1.82) is 0 Å². The molecule has 2 aromatic carbocycles. The standard InChI is InChI=1S/C35H42N4O5/c1-8-36-33(40)31-30(25-17-26-20-39(15-14-38(26)19-25)34(41)43-35(5,6)7)32(44-37-31)28-18-27(22(2)3)23(4)16-29(28)42-21-24-12-10-9-11-13-24/h9-13,16-19,22H,8,14-15,20-21H2,1-7H3,(H,36,40). The Kier molecular flexibility index (Phi) is 8.85. The fourth-order valence-electron chi connectivity index (χ4n) is 5.51. The summed E-state index contributed by atoms with van der Waals surface area (Å²) in [5.41, 5.74) is 5.95. The third kappa shape index (κ3) is 6.67. The SMILES string of the molecule is CCNC(=O)c1noc(-c2cc(C(C)C)c(C)cc2OCc2ccccc2)c1-c1cc2n(c1)CCN(C(=O)OC(C)(C)C)C2. The van der Waals surface area contributed by atoms with Crippen LogP contribution in [0.3, 0.4) is 0 Å². The third-order valence-corrected chi connectivity index (χ3v) is 7.61. The number of aromatic nitrogens is 2. The maximum atomic E-state index is 13.3. The van der Waals surface area contributed by atoms with Crippen LogP contribution in [0.25, 0.3) is 22.5 Å². The maximum absolute atomic E-state index is 13.3. The molecule has 1 N–H and O–H groups in total. The molecule has 0 unspecified atom stereocenters. The summed E-state index contributed by atoms with van der Waals surface area (Å²) in [4.78, 5) is 27.8. The zero-order valence-electron chi connectivity index (χ0n) is 26.7. The van der Waals surface area contributed by atoms with Gasteiger partial charge >= 0.3 is 6.09 Å². The zero-order valence-corrected chi connectivity index (χ0v) is 26.7. The molecule has 1 aliphatic rings. The summed E-state index contributed by atoms with van der Waals surface area (Å²) in [6, 6.07) is 16.1. The molecule has 0 saturated carbocycles. The highest BCUT2D eigenvalue weighted by molar-refractivity contribution is 6.02. The first-order valence-corrected chi connectivity index (χ1v) is 15.2. The van der Waals surface area contributed by atoms with Gasteiger partial charge in [0.05, 0.1) is 17.7 Å². The molecule has 5 rings (SSSR count). The molecule has 232 valence electrons. The summed E-state index contributed by atoms with van der Waals surface area (Å²) < 4.78 is 20.2. The van der Waals surface area contributed by atoms with Gasteiger partial charge in [-0.05, 0) is 75.4 Å². The van der Waals surface area contributed by atoms with Gasteiger partial charge < -0.3 is 28.8 Å². The number of carbonyl (C=O) groups excluding carboxylic acids is 2. The smallest absolute Gasteiger partial charge is 0.410 e. The number of carbonyl (C=O) groups is 2. The van der Waals surface area contributed by atoms with E-state index in [0.717, 1.165) is 33.5 Å². The summed E-state index contributed by atoms with van der Waals surface area (Å²) >= 11 is 0. The average Bonchev–Trinajstić information content (AvgIpc) is 3.59. The largest absolute Gasteiger partial charge is 0.488 e. The average molecular weight is 599 g/mol. The number of rotatable bonds is 8. The van der Waals surface area contributed by atoms with E-state index in [4.69, 9.17) is 14.0 Å². The Morgan fingerprint density at radius 2 is 1.84 bits per heavy atom. The number of nitrogens with zero attached hydrogens (tertiary/aromatic N) is 3. The van der Waals surface area contributed by atoms with Crippen molar-refractivity contribution in [3.05, 3.63) is 82.8 Å². The summed E-state index contributed by atoms with van der Waals surface area (Å²) in [6.45, 7) is 16.2. The van der Waals surface area contributed by atoms with E-state index in [2.05, 4.69) is 41.9 Å². The molecule has 1 aliphatic heterocycles. The molecular formula is C35H42N4O5. The molecule has 0 bridgehead atoms. The quantitative estimate of drug-likeness (QED) is 0.228. The number of benzene rings is 2. The Morgan fingerprint density at radius 3 is 2.52 bits per heavy atom. The number of nitrogens with one attached hydrogen (secondary N) is 1. The number of hydrogen-bond acceptors (Lipinski definition) is 6. The number of fused-ring (bicyclic) bond motifs is 1. The van der Waals surface area contributed by atoms with Crippen LogP contribution in [0.2, 0.25) is 0 Å². The molecule has 0 fully saturated rings. The second kappa shape index (κ2) is 12.6. The molecule has 4 aromatic rings. The lowest BCUT2D eigenvalue weighted by Gasteiger charge is -2.30. The second-order valence-electron chi connectivity index (χ2n) is 12.5. The molecule has 0 radical (unpaired) electrons. The van der Waals surface area contributed by atoms with E-state index in [0.29, 0.717) is 49.9 Å². The van der Waals surface area contributed by atoms with E-state index in [1.165, 1.54) is 0 Å². The van der Waals surface area contributed by atoms with Crippen molar-refractivity contribution in [1.82, 2.24) is 19.9 Å². The van der Waals surface area contributed by atoms with Crippen LogP contribution in [0.1, 0.15) is 80.3 Å². The zero-order chi connectivity index (χ0) is 31.6. The van der Waals surface area contributed by atoms with Gasteiger partial charge in [0.2, 0.25) is 0 Å². The van der Waals surface area contributed by atoms with Crippen molar-refractivity contribution >= 4 is 12.0 Å². The lowest BCUT2D eigenvalue weighted by Crippen LogP contribution is -2.41. The van der Waals surface area contributed by atoms with Crippen LogP contribution in [0.15, 0.2) is 59.3 Å². The maximum Gasteiger partial charge on any atom is 0.410 e. The Bertz CT molecular complexity index is 1650. The van der Waals surface area contributed by atoms with Gasteiger partial charge in [0, 0.05) is 37.1 Å². The molecule has 2 amide bonds. The number of aryl methyl sites for hydroxylation is 1. The predicted molar refractivity (Wildman–Crippen MR) is 170 cm³/mol. The van der Waals surface area contributed by atoms with Crippen molar-refractivity contribution in [2.75, 3.05) is 13.1 Å². The van der Waals surface area contributed by atoms with Gasteiger partial charge in [0.15, 0.2) is 11.5 Å². The first kappa shape index (κ1) is 30.9. The van der Waals surface area contributed by atoms with E-state index >= 15 is 0 Å². The molecule has 44 heavy (non-hydrogen) atoms. The highest BCUT2D eigenvalue weighted by Gasteiger charge is 2.31. The van der Waals surface area contributed by atoms with Crippen LogP contribution in [0, 0.1) is 6.92 Å². The van der Waals surface area contributed by atoms with Crippen LogP contribution in [0.5, 0.6) is 5.75 Å². The lowest BCUT2D eigenvalue weighted by molar-refractivity contribution is 0.0199. The predicted octanol–water partition coefficient (Wildman–Crippen LogP) is 7.32. The van der Waals surface area contributed by atoms with Crippen LogP contribution in [-0.2, 0) is 24.4 Å². The minimum absolute atomic E-state index is 0.203. The van der Waals surface area contributed by atoms with Crippen molar-refractivity contribution in [2.24, 2.45) is 0 Å². The highest BCUT2D eigenvalue weighted by Crippen LogP contribution is 2.43. The number of hydrogen-bond donors (Lipinski definition) is 1. The van der Waals surface area contributed by atoms with Crippen molar-refractivity contribution in [3.63, 3.8) is 0 Å². The molecule has 0 atom stereocenters. The van der Waals surface area contributed by atoms with Gasteiger partial charge in [-0.25, -0.2) is 4.79 Å². The van der Waals surface area contributed by atoms with Gasteiger partial charge in [-0.1, -0.05) is 49.3 Å². The molecule has 9 nitrogen and oxygen atoms in total. The van der Waals surface area contributed by atoms with Crippen LogP contribution < -0.4 is 10.1 Å². The first-order valence-electron chi connectivity index (χ1n) is 15.2. The summed E-state index contributed by atoms with van der Waals surface area (Å²) in [6.07, 6.45) is 1.66. The molecular weight excluding hydrogens is 556 g/mol. The lowest BCUT2D eigenvalue weighted by atomic mass is 9.92. The Morgan fingerprint density at radius 1 is 1.09 bits per heavy atom. The van der Waals surface area contributed by atoms with Gasteiger partial charge in [-0.15, -0.1) is 0 Å². The number of ether oxygens (including phenoxy) is 2. The van der Waals surface area contributed by atoms with Gasteiger partial charge in [0.1, 0.15) is 18.0 Å². The minimum atomic E-state index is -0.580. The van der Waals surface area contributed by atoms with Crippen molar-refractivity contribution in [2.45, 2.75) is 79.7 Å². The van der Waals surface area contributed by atoms with Crippen LogP contribution >= 0.6 is 0 Å². The van der Waals surface area contributed by atoms with E-state index < -0.39 is 5.60 Å². The Labute approximate surface area is 259 Å². The summed E-state index contributed by atoms with van der Waals surface area (Å²) in [5, 5.41) is 7.17. The topological polar surface area (TPSA) is 98.8 Å². The minimum Gasteiger partial charge on any atom is -0.488 e. The Hall–Kier alpha value is -4.53. The third-order valence-electron chi connectivity index (χ3n) is 7.61. The monoisotopic (exact) mass is 598 g/mol. The molecule has 0 aliphatic carbocycles. The normalized spacial score (nSPS) is 13.1. The number of amides is 2. The highest BCUT2D eigenvalue weighted by atomic mass is 16.6. The van der Waals surface area contributed by atoms with E-state index in [1.54, 1.807) is 4.90 Å². The van der Waals surface area contributed by atoms with Gasteiger partial charge in [0.25, 0.3) is 5.91 Å². The molecule has 2 aromatic heterocycles. The molecule has 3 heterocycles. The van der Waals surface area contributed by atoms with E-state index in [1.807, 2.05) is 76.4 Å². The molecule has 0 spiro atoms. The second-order valence-corrected chi connectivity index (χ2v) is 12.5. The summed E-state index contributed by atoms with van der Waals surface area (Å²) in [7, 11) is 0. The van der Waals surface area contributed by atoms with E-state index in [-0.39, 0.29) is 23.6 Å². The van der Waals surface area contributed by atoms with Crippen LogP contribution in [0.4, 0.5) is 4.79 Å². The van der Waals surface area contributed by atoms with Crippen molar-refractivity contribution < 1.29 is 23.6 Å². The summed E-state index contributed by atoms with van der Waals surface area (Å²) in [5.74, 6) is 1.05. The van der Waals surface area contributed by atoms with Gasteiger partial charge in [-0.3, -0.25) is 4.79 Å². The first-order chi connectivity index (χ1) is 20.9.